The van der Waals surface area contributed by atoms with Gasteiger partial charge >= 0.3 is 17.4 Å². The van der Waals surface area contributed by atoms with E-state index in [0.29, 0.717) is 42.7 Å². The van der Waals surface area contributed by atoms with Crippen molar-refractivity contribution >= 4 is 63.7 Å². The average molecular weight is 1120 g/mol. The Labute approximate surface area is 452 Å². The van der Waals surface area contributed by atoms with Crippen molar-refractivity contribution in [3.05, 3.63) is 33.6 Å². The zero-order chi connectivity index (χ0) is 56.6. The predicted octanol–water partition coefficient (Wildman–Crippen LogP) is 4.41. The van der Waals surface area contributed by atoms with Gasteiger partial charge in [0.05, 0.1) is 31.0 Å². The van der Waals surface area contributed by atoms with Crippen LogP contribution < -0.4 is 33.5 Å². The van der Waals surface area contributed by atoms with Crippen molar-refractivity contribution in [1.29, 1.82) is 10.8 Å². The molecule has 0 aliphatic carbocycles. The topological polar surface area (TPSA) is 371 Å². The monoisotopic (exact) mass is 1120 g/mol. The number of hydrogen-bond acceptors (Lipinski definition) is 24. The summed E-state index contributed by atoms with van der Waals surface area (Å²) in [7, 11) is 0. The van der Waals surface area contributed by atoms with Crippen molar-refractivity contribution in [2.24, 2.45) is 28.5 Å². The Hall–Kier alpha value is -4.10. The van der Waals surface area contributed by atoms with E-state index in [1.54, 1.807) is 12.5 Å². The zero-order valence-electron chi connectivity index (χ0n) is 45.3. The molecular formula is C46H83N13O13S3. The van der Waals surface area contributed by atoms with Crippen molar-refractivity contribution in [1.82, 2.24) is 39.7 Å². The van der Waals surface area contributed by atoms with Crippen LogP contribution in [0.2, 0.25) is 0 Å². The highest BCUT2D eigenvalue weighted by Gasteiger charge is 2.36. The van der Waals surface area contributed by atoms with E-state index in [1.165, 1.54) is 58.6 Å². The number of hydrogen-bond donors (Lipinski definition) is 8. The number of nitrogens with one attached hydrogen (secondary N) is 4. The second kappa shape index (κ2) is 38.4. The van der Waals surface area contributed by atoms with Gasteiger partial charge in [-0.3, -0.25) is 25.3 Å². The van der Waals surface area contributed by atoms with Gasteiger partial charge in [0, 0.05) is 26.2 Å². The number of amidine groups is 2. The van der Waals surface area contributed by atoms with Crippen molar-refractivity contribution in [3.8, 4) is 0 Å². The number of urea groups is 1. The Bertz CT molecular complexity index is 2120. The fourth-order valence-corrected chi connectivity index (χ4v) is 8.16. The fraction of sp³-hybridized carbons (Fsp3) is 0.783. The Kier molecular flexibility index (Phi) is 35.3. The quantitative estimate of drug-likeness (QED) is 0.0402. The summed E-state index contributed by atoms with van der Waals surface area (Å²) >= 11 is 3.79. The smallest absolute Gasteiger partial charge is 0.354 e. The number of amides is 2. The molecule has 2 aromatic heterocycles. The van der Waals surface area contributed by atoms with Crippen LogP contribution in [0.1, 0.15) is 120 Å². The Morgan fingerprint density at radius 1 is 0.800 bits per heavy atom. The van der Waals surface area contributed by atoms with Crippen LogP contribution in [0.25, 0.3) is 0 Å². The van der Waals surface area contributed by atoms with Crippen LogP contribution in [0.4, 0.5) is 10.7 Å². The van der Waals surface area contributed by atoms with Crippen molar-refractivity contribution < 1.29 is 53.0 Å². The molecule has 75 heavy (non-hydrogen) atoms. The number of nitrogen functional groups attached to an aromatic ring is 1. The summed E-state index contributed by atoms with van der Waals surface area (Å²) in [6.45, 7) is 19.4. The summed E-state index contributed by atoms with van der Waals surface area (Å²) in [6, 6.07) is -0.367. The zero-order valence-corrected chi connectivity index (χ0v) is 47.8. The molecule has 0 radical (unpaired) electrons. The number of nitrogens with two attached hydrogens (primary N) is 2. The van der Waals surface area contributed by atoms with Gasteiger partial charge in [0.1, 0.15) is 37.4 Å². The van der Waals surface area contributed by atoms with E-state index in [0.717, 1.165) is 43.1 Å². The molecule has 4 aliphatic rings. The summed E-state index contributed by atoms with van der Waals surface area (Å²) in [5.74, 6) is 1.34. The molecule has 0 spiro atoms. The van der Waals surface area contributed by atoms with Crippen molar-refractivity contribution in [2.45, 2.75) is 174 Å². The number of thioether (sulfide) groups is 3. The van der Waals surface area contributed by atoms with Gasteiger partial charge < -0.3 is 60.2 Å². The molecule has 6 heterocycles. The van der Waals surface area contributed by atoms with Gasteiger partial charge in [-0.15, -0.1) is 0 Å². The maximum atomic E-state index is 11.8. The van der Waals surface area contributed by atoms with Crippen LogP contribution in [0, 0.1) is 28.6 Å². The molecule has 0 bridgehead atoms. The number of anilines is 1. The summed E-state index contributed by atoms with van der Waals surface area (Å²) in [6.07, 6.45) is 13.2. The summed E-state index contributed by atoms with van der Waals surface area (Å²) in [4.78, 5) is 63.2. The first-order chi connectivity index (χ1) is 35.7. The first-order valence-electron chi connectivity index (χ1n) is 24.8. The molecule has 29 heteroatoms. The molecule has 0 saturated carbocycles. The molecule has 0 unspecified atom stereocenters. The first-order valence-corrected chi connectivity index (χ1v) is 28.5. The molecule has 12 atom stereocenters. The van der Waals surface area contributed by atoms with E-state index in [-0.39, 0.29) is 78.0 Å². The molecule has 2 amide bonds. The van der Waals surface area contributed by atoms with Crippen molar-refractivity contribution in [2.75, 3.05) is 50.9 Å². The number of nitrogens with zero attached hydrogens (tertiary/aromatic N) is 7. The van der Waals surface area contributed by atoms with Crippen LogP contribution in [0.15, 0.2) is 32.4 Å². The van der Waals surface area contributed by atoms with Gasteiger partial charge in [-0.1, -0.05) is 76.8 Å². The largest absolute Gasteiger partial charge is 0.394 e. The number of aliphatic hydroxyl groups is 2. The maximum Gasteiger partial charge on any atom is 0.354 e. The van der Waals surface area contributed by atoms with Crippen LogP contribution in [-0.2, 0) is 38.0 Å². The van der Waals surface area contributed by atoms with Gasteiger partial charge in [0.25, 0.3) is 6.48 Å². The van der Waals surface area contributed by atoms with Gasteiger partial charge in [0.2, 0.25) is 12.0 Å². The Balaban J connectivity index is 0.000000464. The van der Waals surface area contributed by atoms with Crippen LogP contribution in [0.3, 0.4) is 0 Å². The van der Waals surface area contributed by atoms with Crippen LogP contribution in [0.5, 0.6) is 0 Å². The fourth-order valence-electron chi connectivity index (χ4n) is 7.64. The van der Waals surface area contributed by atoms with E-state index >= 15 is 0 Å². The van der Waals surface area contributed by atoms with Gasteiger partial charge in [-0.2, -0.15) is 15.0 Å². The molecular weight excluding hydrogens is 1040 g/mol. The minimum absolute atomic E-state index is 0.112. The highest BCUT2D eigenvalue weighted by atomic mass is 32.2. The Morgan fingerprint density at radius 2 is 1.29 bits per heavy atom. The van der Waals surface area contributed by atoms with Gasteiger partial charge in [-0.05, 0) is 95.8 Å². The maximum absolute atomic E-state index is 11.8. The standard InChI is InChI=1S/C11H17N3O2S.C10H19N3O2S.C8H12N4O4.C8H13NO2.C7H16O3.C2H6N2S/c1-4-8-7(2)5-9(16-8)14-6-12-10(17-3)13-11(14)15;1-4-7-6(2)5-8(15-7)12-10(14)13-9(11)16-3;9-7-10-3-12(8(15)11-7)6-1-4(14)5(2-13)16-6;1-3-7-6(2)4-8(11-7)9-5-10;1-4-8-7(9-5-2)10-6-3;1-5-2(3)4/h6-9H,4-5H2,1-3H3;6-8H,4-5H2,1-3H3,(H3,11,12,13,14);3-6,13-14H,1-2H2,(H2,9,11,15);6-8H,3-4H2,1-2H3;7H,4-6H2,1-3H3;1H3,(H3,3,4)/t7-,8-,9-;6-,7-,8-;4-,5-,6-;6-,7-,8-;;/m1111../s1. The number of aromatic nitrogens is 6. The first kappa shape index (κ1) is 68.9. The highest BCUT2D eigenvalue weighted by Crippen LogP contribution is 2.34. The molecule has 6 rings (SSSR count). The third kappa shape index (κ3) is 25.7. The third-order valence-corrected chi connectivity index (χ3v) is 13.0. The molecule has 0 aromatic carbocycles. The van der Waals surface area contributed by atoms with Crippen LogP contribution in [-0.4, -0.2) is 156 Å². The second-order valence-electron chi connectivity index (χ2n) is 16.9. The number of isocyanates is 1. The molecule has 4 aliphatic heterocycles. The minimum Gasteiger partial charge on any atom is -0.394 e. The molecule has 428 valence electrons. The number of carbonyl (C=O) groups is 1. The van der Waals surface area contributed by atoms with E-state index in [1.807, 2.05) is 27.0 Å². The molecule has 10 N–H and O–H groups in total. The lowest BCUT2D eigenvalue weighted by Gasteiger charge is -2.15. The Morgan fingerprint density at radius 3 is 1.72 bits per heavy atom. The van der Waals surface area contributed by atoms with E-state index in [9.17, 15) is 24.3 Å². The summed E-state index contributed by atoms with van der Waals surface area (Å²) in [5, 5.41) is 38.1. The minimum atomic E-state index is -0.806. The SMILES string of the molecule is CCOC(OCC)OCC.CC[C@H]1O[C@@H](N=C=O)C[C@H]1C.CC[C@H]1O[C@@H](NC(=O)NC(=N)SC)C[C@H]1C.CC[C@H]1O[C@@H](n2cnc(SC)nc2=O)C[C@H]1C.CSC(=N)N.Nc1ncn([C@H]2C[C@@H](O)[C@@H](CO)O2)c(=O)n1. The lowest BCUT2D eigenvalue weighted by molar-refractivity contribution is -0.282. The molecule has 2 aromatic rings. The van der Waals surface area contributed by atoms with Gasteiger partial charge in [0.15, 0.2) is 21.7 Å². The normalized spacial score (nSPS) is 26.2. The molecule has 4 saturated heterocycles. The average Bonchev–Trinajstić information content (AvgIpc) is 4.15. The highest BCUT2D eigenvalue weighted by molar-refractivity contribution is 8.13. The summed E-state index contributed by atoms with van der Waals surface area (Å²) < 4.78 is 40.1. The van der Waals surface area contributed by atoms with Crippen LogP contribution >= 0.6 is 35.3 Å². The number of aliphatic hydroxyl groups excluding tert-OH is 2. The number of rotatable bonds is 15. The lowest BCUT2D eigenvalue weighted by Crippen LogP contribution is -2.43. The van der Waals surface area contributed by atoms with E-state index in [4.69, 9.17) is 60.6 Å². The third-order valence-electron chi connectivity index (χ3n) is 11.5. The van der Waals surface area contributed by atoms with E-state index < -0.39 is 30.6 Å². The van der Waals surface area contributed by atoms with Gasteiger partial charge in [-0.25, -0.2) is 29.1 Å². The number of ether oxygens (including phenoxy) is 7. The molecule has 26 nitrogen and oxygen atoms in total. The van der Waals surface area contributed by atoms with E-state index in [2.05, 4.69) is 77.1 Å². The van der Waals surface area contributed by atoms with Crippen molar-refractivity contribution in [3.63, 3.8) is 0 Å². The number of aliphatic imine (C=N–C) groups is 1. The lowest BCUT2D eigenvalue weighted by atomic mass is 10.0. The number of carbonyl (C=O) groups excluding carboxylic acids is 2. The molecule has 4 fully saturated rings. The predicted molar refractivity (Wildman–Crippen MR) is 289 cm³/mol. The summed E-state index contributed by atoms with van der Waals surface area (Å²) in [5.41, 5.74) is 9.21. The second-order valence-corrected chi connectivity index (χ2v) is 19.4.